The van der Waals surface area contributed by atoms with E-state index in [1.807, 2.05) is 4.90 Å². The van der Waals surface area contributed by atoms with E-state index >= 15 is 0 Å². The van der Waals surface area contributed by atoms with Gasteiger partial charge in [0, 0.05) is 13.5 Å². The van der Waals surface area contributed by atoms with Gasteiger partial charge < -0.3 is 9.64 Å². The average Bonchev–Trinajstić information content (AvgIpc) is 2.74. The van der Waals surface area contributed by atoms with Gasteiger partial charge in [-0.1, -0.05) is 0 Å². The van der Waals surface area contributed by atoms with Gasteiger partial charge in [-0.15, -0.1) is 0 Å². The quantitative estimate of drug-likeness (QED) is 0.590. The third-order valence-corrected chi connectivity index (χ3v) is 2.55. The maximum absolute atomic E-state index is 11.2. The summed E-state index contributed by atoms with van der Waals surface area (Å²) in [6.45, 7) is 3.88. The number of likely N-dealkylation sites (tertiary alicyclic amines) is 1. The maximum Gasteiger partial charge on any atom is 0.220 e. The van der Waals surface area contributed by atoms with E-state index in [0.29, 0.717) is 6.61 Å². The summed E-state index contributed by atoms with van der Waals surface area (Å²) in [5.74, 6) is 0.897. The normalized spacial score (nSPS) is 27.3. The first kappa shape index (κ1) is 8.53. The van der Waals surface area contributed by atoms with E-state index in [-0.39, 0.29) is 11.9 Å². The minimum atomic E-state index is 0.125. The van der Waals surface area contributed by atoms with E-state index in [1.54, 1.807) is 6.92 Å². The molecule has 1 amide bonds. The number of carbonyl (C=O) groups is 1. The Morgan fingerprint density at radius 2 is 2.54 bits per heavy atom. The van der Waals surface area contributed by atoms with Gasteiger partial charge in [-0.05, 0) is 12.8 Å². The van der Waals surface area contributed by atoms with Crippen molar-refractivity contribution in [3.8, 4) is 0 Å². The van der Waals surface area contributed by atoms with Crippen LogP contribution in [0.1, 0.15) is 19.8 Å². The average molecular weight is 182 g/mol. The maximum atomic E-state index is 11.2. The van der Waals surface area contributed by atoms with Crippen molar-refractivity contribution >= 4 is 11.8 Å². The van der Waals surface area contributed by atoms with Crippen LogP contribution in [0.4, 0.5) is 0 Å². The van der Waals surface area contributed by atoms with Crippen LogP contribution in [0.5, 0.6) is 0 Å². The summed E-state index contributed by atoms with van der Waals surface area (Å²) in [5, 5.41) is 0. The lowest BCUT2D eigenvalue weighted by Crippen LogP contribution is -2.39. The molecule has 72 valence electrons. The second kappa shape index (κ2) is 3.36. The first-order valence-electron chi connectivity index (χ1n) is 4.73. The molecule has 0 aromatic heterocycles. The Hall–Kier alpha value is -1.06. The van der Waals surface area contributed by atoms with Crippen molar-refractivity contribution in [1.82, 2.24) is 4.90 Å². The molecule has 4 nitrogen and oxygen atoms in total. The number of ether oxygens (including phenoxy) is 1. The van der Waals surface area contributed by atoms with Crippen molar-refractivity contribution < 1.29 is 9.53 Å². The number of hydrogen-bond acceptors (Lipinski definition) is 3. The third kappa shape index (κ3) is 1.53. The fourth-order valence-electron chi connectivity index (χ4n) is 1.95. The van der Waals surface area contributed by atoms with E-state index in [2.05, 4.69) is 4.99 Å². The third-order valence-electron chi connectivity index (χ3n) is 2.55. The van der Waals surface area contributed by atoms with Gasteiger partial charge in [-0.2, -0.15) is 0 Å². The summed E-state index contributed by atoms with van der Waals surface area (Å²) in [6.07, 6.45) is 2.06. The van der Waals surface area contributed by atoms with E-state index in [4.69, 9.17) is 4.74 Å². The van der Waals surface area contributed by atoms with E-state index < -0.39 is 0 Å². The first-order chi connectivity index (χ1) is 6.29. The Bertz CT molecular complexity index is 250. The van der Waals surface area contributed by atoms with Gasteiger partial charge in [0.1, 0.15) is 12.6 Å². The molecule has 1 saturated heterocycles. The molecule has 1 unspecified atom stereocenters. The molecule has 0 aromatic carbocycles. The number of aliphatic imine (C=N–C) groups is 1. The molecule has 4 heteroatoms. The predicted molar refractivity (Wildman–Crippen MR) is 48.7 cm³/mol. The van der Waals surface area contributed by atoms with Gasteiger partial charge in [0.25, 0.3) is 0 Å². The molecule has 2 aliphatic heterocycles. The summed E-state index contributed by atoms with van der Waals surface area (Å²) < 4.78 is 5.37. The largest absolute Gasteiger partial charge is 0.478 e. The molecule has 0 aromatic rings. The van der Waals surface area contributed by atoms with E-state index in [0.717, 1.165) is 31.8 Å². The highest BCUT2D eigenvalue weighted by atomic mass is 16.5. The fourth-order valence-corrected chi connectivity index (χ4v) is 1.95. The molecule has 13 heavy (non-hydrogen) atoms. The van der Waals surface area contributed by atoms with Crippen LogP contribution in [0.15, 0.2) is 4.99 Å². The topological polar surface area (TPSA) is 41.9 Å². The van der Waals surface area contributed by atoms with Crippen LogP contribution in [-0.2, 0) is 9.53 Å². The van der Waals surface area contributed by atoms with Crippen molar-refractivity contribution in [3.05, 3.63) is 0 Å². The van der Waals surface area contributed by atoms with Gasteiger partial charge in [0.05, 0.1) is 6.54 Å². The Kier molecular flexibility index (Phi) is 2.20. The van der Waals surface area contributed by atoms with Crippen LogP contribution < -0.4 is 0 Å². The molecular formula is C9H14N2O2. The van der Waals surface area contributed by atoms with Gasteiger partial charge in [-0.25, -0.2) is 0 Å². The Balaban J connectivity index is 2.08. The SMILES string of the molecule is CC(=O)N1CCCC1C1=NCCO1. The molecule has 0 N–H and O–H groups in total. The van der Waals surface area contributed by atoms with Gasteiger partial charge in [-0.3, -0.25) is 9.79 Å². The Morgan fingerprint density at radius 1 is 1.69 bits per heavy atom. The Morgan fingerprint density at radius 3 is 3.15 bits per heavy atom. The molecular weight excluding hydrogens is 168 g/mol. The van der Waals surface area contributed by atoms with Crippen molar-refractivity contribution in [3.63, 3.8) is 0 Å². The second-order valence-electron chi connectivity index (χ2n) is 3.44. The molecule has 0 saturated carbocycles. The number of rotatable bonds is 1. The highest BCUT2D eigenvalue weighted by Crippen LogP contribution is 2.20. The monoisotopic (exact) mass is 182 g/mol. The standard InChI is InChI=1S/C9H14N2O2/c1-7(12)11-5-2-3-8(11)9-10-4-6-13-9/h8H,2-6H2,1H3. The van der Waals surface area contributed by atoms with Crippen molar-refractivity contribution in [2.45, 2.75) is 25.8 Å². The van der Waals surface area contributed by atoms with Gasteiger partial charge >= 0.3 is 0 Å². The second-order valence-corrected chi connectivity index (χ2v) is 3.44. The Labute approximate surface area is 77.6 Å². The number of amides is 1. The van der Waals surface area contributed by atoms with Crippen LogP contribution in [0.3, 0.4) is 0 Å². The van der Waals surface area contributed by atoms with Crippen molar-refractivity contribution in [2.24, 2.45) is 4.99 Å². The summed E-state index contributed by atoms with van der Waals surface area (Å²) in [5.41, 5.74) is 0. The van der Waals surface area contributed by atoms with Crippen molar-refractivity contribution in [2.75, 3.05) is 19.7 Å². The molecule has 0 bridgehead atoms. The lowest BCUT2D eigenvalue weighted by Gasteiger charge is -2.22. The molecule has 2 aliphatic rings. The molecule has 0 aliphatic carbocycles. The highest BCUT2D eigenvalue weighted by Gasteiger charge is 2.32. The molecule has 1 fully saturated rings. The molecule has 0 radical (unpaired) electrons. The van der Waals surface area contributed by atoms with Crippen LogP contribution >= 0.6 is 0 Å². The summed E-state index contributed by atoms with van der Waals surface area (Å²) in [4.78, 5) is 17.3. The number of hydrogen-bond donors (Lipinski definition) is 0. The van der Waals surface area contributed by atoms with Gasteiger partial charge in [0.2, 0.25) is 11.8 Å². The van der Waals surface area contributed by atoms with Crippen LogP contribution in [0, 0.1) is 0 Å². The minimum absolute atomic E-state index is 0.125. The molecule has 1 atom stereocenters. The van der Waals surface area contributed by atoms with E-state index in [1.165, 1.54) is 0 Å². The number of nitrogens with zero attached hydrogens (tertiary/aromatic N) is 2. The van der Waals surface area contributed by atoms with Crippen LogP contribution in [0.2, 0.25) is 0 Å². The van der Waals surface area contributed by atoms with Crippen LogP contribution in [-0.4, -0.2) is 42.4 Å². The zero-order chi connectivity index (χ0) is 9.26. The highest BCUT2D eigenvalue weighted by molar-refractivity contribution is 5.88. The van der Waals surface area contributed by atoms with Crippen LogP contribution in [0.25, 0.3) is 0 Å². The lowest BCUT2D eigenvalue weighted by molar-refractivity contribution is -0.128. The summed E-state index contributed by atoms with van der Waals surface area (Å²) in [7, 11) is 0. The van der Waals surface area contributed by atoms with Gasteiger partial charge in [0.15, 0.2) is 0 Å². The smallest absolute Gasteiger partial charge is 0.220 e. The van der Waals surface area contributed by atoms with Crippen molar-refractivity contribution in [1.29, 1.82) is 0 Å². The first-order valence-corrected chi connectivity index (χ1v) is 4.73. The fraction of sp³-hybridized carbons (Fsp3) is 0.778. The zero-order valence-corrected chi connectivity index (χ0v) is 7.82. The molecule has 0 spiro atoms. The minimum Gasteiger partial charge on any atom is -0.478 e. The number of carbonyl (C=O) groups excluding carboxylic acids is 1. The summed E-state index contributed by atoms with van der Waals surface area (Å²) >= 11 is 0. The predicted octanol–water partition coefficient (Wildman–Crippen LogP) is 0.426. The molecule has 2 rings (SSSR count). The molecule has 2 heterocycles. The summed E-state index contributed by atoms with van der Waals surface area (Å²) in [6, 6.07) is 0.125. The lowest BCUT2D eigenvalue weighted by atomic mass is 10.2. The zero-order valence-electron chi connectivity index (χ0n) is 7.82. The van der Waals surface area contributed by atoms with E-state index in [9.17, 15) is 4.79 Å².